The van der Waals surface area contributed by atoms with Gasteiger partial charge in [0.2, 0.25) is 0 Å². The minimum Gasteiger partial charge on any atom is -0.396 e. The van der Waals surface area contributed by atoms with Gasteiger partial charge in [-0.25, -0.2) is 0 Å². The lowest BCUT2D eigenvalue weighted by atomic mass is 10.1. The number of aliphatic hydroxyl groups excluding tert-OH is 1. The van der Waals surface area contributed by atoms with Gasteiger partial charge in [0.15, 0.2) is 0 Å². The van der Waals surface area contributed by atoms with Crippen molar-refractivity contribution in [2.24, 2.45) is 0 Å². The summed E-state index contributed by atoms with van der Waals surface area (Å²) in [5.41, 5.74) is 0.979. The van der Waals surface area contributed by atoms with Crippen LogP contribution in [0.5, 0.6) is 0 Å². The van der Waals surface area contributed by atoms with Crippen molar-refractivity contribution in [1.82, 2.24) is 15.0 Å². The van der Waals surface area contributed by atoms with Crippen LogP contribution < -0.4 is 0 Å². The molecule has 1 aromatic heterocycles. The first kappa shape index (κ1) is 11.6. The van der Waals surface area contributed by atoms with Gasteiger partial charge in [-0.1, -0.05) is 5.16 Å². The Morgan fingerprint density at radius 3 is 3.12 bits per heavy atom. The molecule has 1 saturated heterocycles. The fourth-order valence-electron chi connectivity index (χ4n) is 2.16. The minimum atomic E-state index is 0.257. The predicted molar refractivity (Wildman–Crippen MR) is 59.9 cm³/mol. The molecule has 1 aromatic rings. The number of hydrogen-bond donors (Lipinski definition) is 1. The number of rotatable bonds is 4. The smallest absolute Gasteiger partial charge is 0.124 e. The van der Waals surface area contributed by atoms with Gasteiger partial charge in [-0.3, -0.25) is 4.90 Å². The summed E-state index contributed by atoms with van der Waals surface area (Å²) in [6.45, 7) is 4.18. The SMILES string of the molecule is CN1CCN(Cc2ccon2)CC1CCO. The third kappa shape index (κ3) is 2.81. The van der Waals surface area contributed by atoms with Gasteiger partial charge >= 0.3 is 0 Å². The molecule has 0 aromatic carbocycles. The van der Waals surface area contributed by atoms with E-state index in [1.54, 1.807) is 6.26 Å². The van der Waals surface area contributed by atoms with Crippen molar-refractivity contribution in [3.63, 3.8) is 0 Å². The van der Waals surface area contributed by atoms with Crippen molar-refractivity contribution in [3.8, 4) is 0 Å². The van der Waals surface area contributed by atoms with Gasteiger partial charge in [-0.05, 0) is 13.5 Å². The molecule has 0 saturated carbocycles. The lowest BCUT2D eigenvalue weighted by molar-refractivity contribution is 0.0730. The number of likely N-dealkylation sites (N-methyl/N-ethyl adjacent to an activating group) is 1. The van der Waals surface area contributed by atoms with Crippen LogP contribution in [0.25, 0.3) is 0 Å². The summed E-state index contributed by atoms with van der Waals surface area (Å²) in [4.78, 5) is 4.67. The van der Waals surface area contributed by atoms with E-state index in [9.17, 15) is 0 Å². The molecular formula is C11H19N3O2. The molecule has 90 valence electrons. The molecule has 1 aliphatic heterocycles. The van der Waals surface area contributed by atoms with E-state index in [0.717, 1.165) is 38.3 Å². The fraction of sp³-hybridized carbons (Fsp3) is 0.727. The third-order valence-electron chi connectivity index (χ3n) is 3.20. The molecule has 0 bridgehead atoms. The quantitative estimate of drug-likeness (QED) is 0.792. The zero-order valence-corrected chi connectivity index (χ0v) is 9.67. The van der Waals surface area contributed by atoms with Gasteiger partial charge < -0.3 is 14.5 Å². The Morgan fingerprint density at radius 1 is 1.56 bits per heavy atom. The summed E-state index contributed by atoms with van der Waals surface area (Å²) in [5, 5.41) is 12.9. The van der Waals surface area contributed by atoms with Crippen LogP contribution in [0.4, 0.5) is 0 Å². The van der Waals surface area contributed by atoms with Crippen LogP contribution in [0.3, 0.4) is 0 Å². The highest BCUT2D eigenvalue weighted by molar-refractivity contribution is 4.96. The molecule has 2 heterocycles. The van der Waals surface area contributed by atoms with Gasteiger partial charge in [0.1, 0.15) is 6.26 Å². The normalized spacial score (nSPS) is 23.8. The summed E-state index contributed by atoms with van der Waals surface area (Å²) in [6.07, 6.45) is 2.45. The van der Waals surface area contributed by atoms with Crippen molar-refractivity contribution < 1.29 is 9.63 Å². The van der Waals surface area contributed by atoms with E-state index in [2.05, 4.69) is 22.0 Å². The van der Waals surface area contributed by atoms with Crippen LogP contribution >= 0.6 is 0 Å². The van der Waals surface area contributed by atoms with Crippen molar-refractivity contribution in [1.29, 1.82) is 0 Å². The maximum absolute atomic E-state index is 9.01. The number of hydrogen-bond acceptors (Lipinski definition) is 5. The summed E-state index contributed by atoms with van der Waals surface area (Å²) in [5.74, 6) is 0. The number of piperazine rings is 1. The Morgan fingerprint density at radius 2 is 2.44 bits per heavy atom. The van der Waals surface area contributed by atoms with Crippen molar-refractivity contribution in [3.05, 3.63) is 18.0 Å². The molecular weight excluding hydrogens is 206 g/mol. The van der Waals surface area contributed by atoms with Gasteiger partial charge in [0, 0.05) is 44.9 Å². The second-order valence-electron chi connectivity index (χ2n) is 4.37. The molecule has 5 heteroatoms. The zero-order valence-electron chi connectivity index (χ0n) is 9.67. The lowest BCUT2D eigenvalue weighted by Crippen LogP contribution is -2.51. The van der Waals surface area contributed by atoms with Crippen molar-refractivity contribution in [2.75, 3.05) is 33.3 Å². The minimum absolute atomic E-state index is 0.257. The van der Waals surface area contributed by atoms with Gasteiger partial charge in [0.25, 0.3) is 0 Å². The molecule has 1 atom stereocenters. The molecule has 0 amide bonds. The first-order valence-corrected chi connectivity index (χ1v) is 5.72. The predicted octanol–water partition coefficient (Wildman–Crippen LogP) is 0.173. The Labute approximate surface area is 95.6 Å². The maximum Gasteiger partial charge on any atom is 0.124 e. The Hall–Kier alpha value is -0.910. The number of aliphatic hydroxyl groups is 1. The molecule has 5 nitrogen and oxygen atoms in total. The number of aromatic nitrogens is 1. The molecule has 1 N–H and O–H groups in total. The standard InChI is InChI=1S/C11H19N3O2/c1-13-4-5-14(9-11(13)2-6-15)8-10-3-7-16-12-10/h3,7,11,15H,2,4-6,8-9H2,1H3. The summed E-state index contributed by atoms with van der Waals surface area (Å²) >= 11 is 0. The van der Waals surface area contributed by atoms with E-state index < -0.39 is 0 Å². The van der Waals surface area contributed by atoms with Crippen LogP contribution in [0, 0.1) is 0 Å². The largest absolute Gasteiger partial charge is 0.396 e. The van der Waals surface area contributed by atoms with E-state index in [1.807, 2.05) is 6.07 Å². The molecule has 0 radical (unpaired) electrons. The van der Waals surface area contributed by atoms with Crippen LogP contribution in [0.2, 0.25) is 0 Å². The third-order valence-corrected chi connectivity index (χ3v) is 3.20. The highest BCUT2D eigenvalue weighted by Gasteiger charge is 2.24. The highest BCUT2D eigenvalue weighted by atomic mass is 16.5. The molecule has 0 aliphatic carbocycles. The Bertz CT molecular complexity index is 302. The second kappa shape index (κ2) is 5.43. The van der Waals surface area contributed by atoms with E-state index >= 15 is 0 Å². The summed E-state index contributed by atoms with van der Waals surface area (Å²) in [6, 6.07) is 2.35. The van der Waals surface area contributed by atoms with Gasteiger partial charge in [-0.15, -0.1) is 0 Å². The van der Waals surface area contributed by atoms with Crippen LogP contribution in [0.1, 0.15) is 12.1 Å². The second-order valence-corrected chi connectivity index (χ2v) is 4.37. The maximum atomic E-state index is 9.01. The van der Waals surface area contributed by atoms with Crippen LogP contribution in [-0.4, -0.2) is 59.4 Å². The summed E-state index contributed by atoms with van der Waals surface area (Å²) < 4.78 is 4.82. The van der Waals surface area contributed by atoms with Crippen LogP contribution in [-0.2, 0) is 6.54 Å². The van der Waals surface area contributed by atoms with E-state index in [-0.39, 0.29) is 6.61 Å². The Kier molecular flexibility index (Phi) is 3.93. The molecule has 1 fully saturated rings. The van der Waals surface area contributed by atoms with E-state index in [0.29, 0.717) is 6.04 Å². The topological polar surface area (TPSA) is 52.7 Å². The van der Waals surface area contributed by atoms with Crippen molar-refractivity contribution in [2.45, 2.75) is 19.0 Å². The zero-order chi connectivity index (χ0) is 11.4. The van der Waals surface area contributed by atoms with Gasteiger partial charge in [0.05, 0.1) is 5.69 Å². The molecule has 16 heavy (non-hydrogen) atoms. The first-order chi connectivity index (χ1) is 7.79. The lowest BCUT2D eigenvalue weighted by Gasteiger charge is -2.39. The molecule has 1 aliphatic rings. The van der Waals surface area contributed by atoms with E-state index in [1.165, 1.54) is 0 Å². The molecule has 2 rings (SSSR count). The molecule has 1 unspecified atom stereocenters. The summed E-state index contributed by atoms with van der Waals surface area (Å²) in [7, 11) is 2.12. The average molecular weight is 225 g/mol. The van der Waals surface area contributed by atoms with Gasteiger partial charge in [-0.2, -0.15) is 0 Å². The number of nitrogens with zero attached hydrogens (tertiary/aromatic N) is 3. The average Bonchev–Trinajstić information content (AvgIpc) is 2.76. The van der Waals surface area contributed by atoms with E-state index in [4.69, 9.17) is 9.63 Å². The Balaban J connectivity index is 1.87. The monoisotopic (exact) mass is 225 g/mol. The molecule has 0 spiro atoms. The van der Waals surface area contributed by atoms with Crippen LogP contribution in [0.15, 0.2) is 16.9 Å². The first-order valence-electron chi connectivity index (χ1n) is 5.72. The highest BCUT2D eigenvalue weighted by Crippen LogP contribution is 2.13. The van der Waals surface area contributed by atoms with Crippen molar-refractivity contribution >= 4 is 0 Å². The fourth-order valence-corrected chi connectivity index (χ4v) is 2.16.